The summed E-state index contributed by atoms with van der Waals surface area (Å²) in [4.78, 5) is 10.7. The Kier molecular flexibility index (Phi) is 3.27. The minimum Gasteiger partial charge on any atom is -0.496 e. The van der Waals surface area contributed by atoms with Crippen LogP contribution in [0.1, 0.15) is 5.56 Å². The number of benzene rings is 1. The second-order valence-electron chi connectivity index (χ2n) is 3.69. The molecule has 18 heavy (non-hydrogen) atoms. The molecule has 0 atom stereocenters. The molecule has 0 aliphatic rings. The molecule has 0 saturated carbocycles. The summed E-state index contributed by atoms with van der Waals surface area (Å²) in [6.45, 7) is 0. The summed E-state index contributed by atoms with van der Waals surface area (Å²) in [5, 5.41) is 15.3. The first-order chi connectivity index (χ1) is 8.61. The Morgan fingerprint density at radius 3 is 3.00 bits per heavy atom. The van der Waals surface area contributed by atoms with E-state index in [9.17, 15) is 9.18 Å². The maximum absolute atomic E-state index is 13.3. The summed E-state index contributed by atoms with van der Waals surface area (Å²) in [7, 11) is 1.46. The molecule has 0 amide bonds. The van der Waals surface area contributed by atoms with Crippen LogP contribution in [0.25, 0.3) is 11.3 Å². The molecule has 0 unspecified atom stereocenters. The number of carboxylic acids is 1. The average Bonchev–Trinajstić information content (AvgIpc) is 2.76. The lowest BCUT2D eigenvalue weighted by molar-refractivity contribution is -0.136. The van der Waals surface area contributed by atoms with E-state index in [0.29, 0.717) is 22.6 Å². The van der Waals surface area contributed by atoms with E-state index in [4.69, 9.17) is 9.84 Å². The third kappa shape index (κ3) is 2.32. The predicted octanol–water partition coefficient (Wildman–Crippen LogP) is 1.85. The topological polar surface area (TPSA) is 75.2 Å². The number of H-pyrrole nitrogens is 1. The van der Waals surface area contributed by atoms with Crippen molar-refractivity contribution in [2.24, 2.45) is 0 Å². The third-order valence-electron chi connectivity index (χ3n) is 2.49. The number of nitrogens with one attached hydrogen (secondary N) is 1. The molecule has 0 aliphatic carbocycles. The van der Waals surface area contributed by atoms with Crippen LogP contribution in [0.15, 0.2) is 24.4 Å². The van der Waals surface area contributed by atoms with Gasteiger partial charge in [0.05, 0.1) is 25.4 Å². The number of aliphatic carboxylic acids is 1. The first kappa shape index (κ1) is 12.1. The molecule has 0 radical (unpaired) electrons. The maximum atomic E-state index is 13.3. The van der Waals surface area contributed by atoms with E-state index in [1.54, 1.807) is 0 Å². The van der Waals surface area contributed by atoms with E-state index in [2.05, 4.69) is 10.2 Å². The summed E-state index contributed by atoms with van der Waals surface area (Å²) in [6, 6.07) is 4.03. The Morgan fingerprint density at radius 1 is 1.56 bits per heavy atom. The second-order valence-corrected chi connectivity index (χ2v) is 3.69. The van der Waals surface area contributed by atoms with E-state index in [1.807, 2.05) is 0 Å². The van der Waals surface area contributed by atoms with Gasteiger partial charge in [-0.1, -0.05) is 0 Å². The Morgan fingerprint density at radius 2 is 2.33 bits per heavy atom. The number of halogens is 1. The van der Waals surface area contributed by atoms with Gasteiger partial charge in [-0.2, -0.15) is 5.10 Å². The zero-order valence-electron chi connectivity index (χ0n) is 9.61. The Labute approximate surface area is 102 Å². The molecular formula is C12H11FN2O3. The molecule has 2 rings (SSSR count). The van der Waals surface area contributed by atoms with Crippen LogP contribution in [0.2, 0.25) is 0 Å². The highest BCUT2D eigenvalue weighted by molar-refractivity contribution is 5.76. The molecule has 2 aromatic rings. The average molecular weight is 250 g/mol. The SMILES string of the molecule is COc1ccc(F)cc1-c1[nH]ncc1CC(=O)O. The highest BCUT2D eigenvalue weighted by Gasteiger charge is 2.15. The van der Waals surface area contributed by atoms with Gasteiger partial charge in [0, 0.05) is 11.1 Å². The van der Waals surface area contributed by atoms with Crippen molar-refractivity contribution in [3.8, 4) is 17.0 Å². The Bertz CT molecular complexity index is 580. The van der Waals surface area contributed by atoms with Crippen LogP contribution in [-0.4, -0.2) is 28.4 Å². The highest BCUT2D eigenvalue weighted by Crippen LogP contribution is 2.31. The molecule has 94 valence electrons. The molecule has 0 aliphatic heterocycles. The summed E-state index contributed by atoms with van der Waals surface area (Å²) >= 11 is 0. The smallest absolute Gasteiger partial charge is 0.307 e. The van der Waals surface area contributed by atoms with E-state index < -0.39 is 11.8 Å². The largest absolute Gasteiger partial charge is 0.496 e. The van der Waals surface area contributed by atoms with Gasteiger partial charge in [0.2, 0.25) is 0 Å². The molecule has 0 spiro atoms. The zero-order valence-corrected chi connectivity index (χ0v) is 9.61. The molecule has 1 aromatic heterocycles. The number of rotatable bonds is 4. The van der Waals surface area contributed by atoms with Gasteiger partial charge in [0.1, 0.15) is 11.6 Å². The van der Waals surface area contributed by atoms with Crippen molar-refractivity contribution in [2.45, 2.75) is 6.42 Å². The lowest BCUT2D eigenvalue weighted by Gasteiger charge is -2.08. The van der Waals surface area contributed by atoms with E-state index in [0.717, 1.165) is 0 Å². The van der Waals surface area contributed by atoms with Gasteiger partial charge in [-0.25, -0.2) is 4.39 Å². The lowest BCUT2D eigenvalue weighted by Crippen LogP contribution is -2.01. The first-order valence-electron chi connectivity index (χ1n) is 5.19. The summed E-state index contributed by atoms with van der Waals surface area (Å²) in [5.41, 5.74) is 1.38. The second kappa shape index (κ2) is 4.87. The van der Waals surface area contributed by atoms with Gasteiger partial charge in [-0.3, -0.25) is 9.89 Å². The molecular weight excluding hydrogens is 239 g/mol. The number of aromatic nitrogens is 2. The van der Waals surface area contributed by atoms with Crippen LogP contribution in [-0.2, 0) is 11.2 Å². The summed E-state index contributed by atoms with van der Waals surface area (Å²) in [6.07, 6.45) is 1.22. The van der Waals surface area contributed by atoms with Crippen molar-refractivity contribution < 1.29 is 19.0 Å². The third-order valence-corrected chi connectivity index (χ3v) is 2.49. The van der Waals surface area contributed by atoms with E-state index >= 15 is 0 Å². The highest BCUT2D eigenvalue weighted by atomic mass is 19.1. The molecule has 1 heterocycles. The Balaban J connectivity index is 2.51. The van der Waals surface area contributed by atoms with Crippen molar-refractivity contribution in [3.05, 3.63) is 35.8 Å². The van der Waals surface area contributed by atoms with Crippen molar-refractivity contribution in [2.75, 3.05) is 7.11 Å². The van der Waals surface area contributed by atoms with Gasteiger partial charge < -0.3 is 9.84 Å². The van der Waals surface area contributed by atoms with Crippen molar-refractivity contribution in [1.82, 2.24) is 10.2 Å². The fraction of sp³-hybridized carbons (Fsp3) is 0.167. The van der Waals surface area contributed by atoms with Crippen molar-refractivity contribution in [3.63, 3.8) is 0 Å². The van der Waals surface area contributed by atoms with Crippen molar-refractivity contribution >= 4 is 5.97 Å². The van der Waals surface area contributed by atoms with Crippen LogP contribution < -0.4 is 4.74 Å². The number of carboxylic acid groups (broad SMARTS) is 1. The molecule has 5 nitrogen and oxygen atoms in total. The number of hydrogen-bond acceptors (Lipinski definition) is 3. The number of hydrogen-bond donors (Lipinski definition) is 2. The molecule has 0 saturated heterocycles. The standard InChI is InChI=1S/C12H11FN2O3/c1-18-10-3-2-8(13)5-9(10)12-7(4-11(16)17)6-14-15-12/h2-3,5-6H,4H2,1H3,(H,14,15)(H,16,17). The van der Waals surface area contributed by atoms with Gasteiger partial charge in [0.15, 0.2) is 0 Å². The predicted molar refractivity (Wildman–Crippen MR) is 61.9 cm³/mol. The van der Waals surface area contributed by atoms with Gasteiger partial charge in [-0.15, -0.1) is 0 Å². The fourth-order valence-corrected chi connectivity index (χ4v) is 1.72. The van der Waals surface area contributed by atoms with Gasteiger partial charge in [-0.05, 0) is 18.2 Å². The number of nitrogens with zero attached hydrogens (tertiary/aromatic N) is 1. The molecule has 0 bridgehead atoms. The molecule has 0 fully saturated rings. The lowest BCUT2D eigenvalue weighted by atomic mass is 10.0. The minimum absolute atomic E-state index is 0.189. The van der Waals surface area contributed by atoms with Gasteiger partial charge in [0.25, 0.3) is 0 Å². The number of carbonyl (C=O) groups is 1. The first-order valence-corrected chi connectivity index (χ1v) is 5.19. The van der Waals surface area contributed by atoms with Crippen LogP contribution >= 0.6 is 0 Å². The molecule has 6 heteroatoms. The fourth-order valence-electron chi connectivity index (χ4n) is 1.72. The van der Waals surface area contributed by atoms with Gasteiger partial charge >= 0.3 is 5.97 Å². The van der Waals surface area contributed by atoms with E-state index in [-0.39, 0.29) is 6.42 Å². The van der Waals surface area contributed by atoms with E-state index in [1.165, 1.54) is 31.5 Å². The van der Waals surface area contributed by atoms with Crippen LogP contribution in [0.3, 0.4) is 0 Å². The monoisotopic (exact) mass is 250 g/mol. The van der Waals surface area contributed by atoms with Crippen LogP contribution in [0.4, 0.5) is 4.39 Å². The number of methoxy groups -OCH3 is 1. The quantitative estimate of drug-likeness (QED) is 0.868. The maximum Gasteiger partial charge on any atom is 0.307 e. The molecule has 1 aromatic carbocycles. The number of aromatic amines is 1. The van der Waals surface area contributed by atoms with Crippen LogP contribution in [0.5, 0.6) is 5.75 Å². The Hall–Kier alpha value is -2.37. The summed E-state index contributed by atoms with van der Waals surface area (Å²) < 4.78 is 18.4. The zero-order chi connectivity index (χ0) is 13.1. The minimum atomic E-state index is -0.979. The normalized spacial score (nSPS) is 10.3. The molecule has 2 N–H and O–H groups in total. The van der Waals surface area contributed by atoms with Crippen LogP contribution in [0, 0.1) is 5.82 Å². The van der Waals surface area contributed by atoms with Crippen molar-refractivity contribution in [1.29, 1.82) is 0 Å². The number of ether oxygens (including phenoxy) is 1. The summed E-state index contributed by atoms with van der Waals surface area (Å²) in [5.74, 6) is -0.956.